The van der Waals surface area contributed by atoms with E-state index in [4.69, 9.17) is 32.7 Å². The van der Waals surface area contributed by atoms with Crippen LogP contribution >= 0.6 is 23.2 Å². The van der Waals surface area contributed by atoms with E-state index in [2.05, 4.69) is 20.6 Å². The van der Waals surface area contributed by atoms with Gasteiger partial charge in [0.2, 0.25) is 5.95 Å². The number of amides is 1. The lowest BCUT2D eigenvalue weighted by atomic mass is 10.1. The molecular weight excluding hydrogens is 458 g/mol. The number of benzene rings is 2. The Labute approximate surface area is 193 Å². The third-order valence-corrected chi connectivity index (χ3v) is 5.30. The van der Waals surface area contributed by atoms with Crippen molar-refractivity contribution < 1.29 is 18.7 Å². The summed E-state index contributed by atoms with van der Waals surface area (Å²) in [4.78, 5) is 20.5. The number of nitrogens with zero attached hydrogens (tertiary/aromatic N) is 2. The second-order valence-electron chi connectivity index (χ2n) is 6.88. The number of carbonyl (C=O) groups is 1. The molecule has 0 saturated carbocycles. The molecule has 1 aromatic heterocycles. The quantitative estimate of drug-likeness (QED) is 0.485. The molecule has 0 spiro atoms. The standard InChI is InChI=1S/C22H19Cl2FN4O3/c23-14-3-1-4-15(24)19(14)21(30)26-7-2-8-27-22-28-12-16(25)20(29-22)13-5-6-17-18(11-13)32-10-9-31-17/h1,3-6,11-12H,2,7-10H2,(H,26,30)(H,27,28,29). The summed E-state index contributed by atoms with van der Waals surface area (Å²) >= 11 is 12.1. The van der Waals surface area contributed by atoms with E-state index < -0.39 is 5.82 Å². The van der Waals surface area contributed by atoms with E-state index in [0.717, 1.165) is 6.20 Å². The summed E-state index contributed by atoms with van der Waals surface area (Å²) in [6.45, 7) is 1.76. The Morgan fingerprint density at radius 2 is 1.81 bits per heavy atom. The Bertz CT molecular complexity index is 1130. The van der Waals surface area contributed by atoms with E-state index in [-0.39, 0.29) is 23.1 Å². The van der Waals surface area contributed by atoms with Gasteiger partial charge in [-0.05, 0) is 36.8 Å². The van der Waals surface area contributed by atoms with E-state index >= 15 is 0 Å². The number of ether oxygens (including phenoxy) is 2. The molecule has 0 unspecified atom stereocenters. The van der Waals surface area contributed by atoms with Gasteiger partial charge in [-0.1, -0.05) is 29.3 Å². The van der Waals surface area contributed by atoms with Crippen LogP contribution in [0.3, 0.4) is 0 Å². The topological polar surface area (TPSA) is 85.4 Å². The van der Waals surface area contributed by atoms with Gasteiger partial charge in [0.15, 0.2) is 17.3 Å². The largest absolute Gasteiger partial charge is 0.486 e. The zero-order valence-corrected chi connectivity index (χ0v) is 18.3. The lowest BCUT2D eigenvalue weighted by Gasteiger charge is -2.18. The van der Waals surface area contributed by atoms with Gasteiger partial charge in [0.1, 0.15) is 18.9 Å². The van der Waals surface area contributed by atoms with Gasteiger partial charge < -0.3 is 20.1 Å². The fraction of sp³-hybridized carbons (Fsp3) is 0.227. The minimum Gasteiger partial charge on any atom is -0.486 e. The van der Waals surface area contributed by atoms with Gasteiger partial charge in [-0.3, -0.25) is 4.79 Å². The van der Waals surface area contributed by atoms with Crippen LogP contribution < -0.4 is 20.1 Å². The second-order valence-corrected chi connectivity index (χ2v) is 7.70. The number of carbonyl (C=O) groups excluding carboxylic acids is 1. The Hall–Kier alpha value is -3.10. The first-order chi connectivity index (χ1) is 15.5. The van der Waals surface area contributed by atoms with Crippen LogP contribution in [0.25, 0.3) is 11.3 Å². The minimum absolute atomic E-state index is 0.154. The predicted molar refractivity (Wildman–Crippen MR) is 120 cm³/mol. The highest BCUT2D eigenvalue weighted by molar-refractivity contribution is 6.39. The molecule has 0 fully saturated rings. The summed E-state index contributed by atoms with van der Waals surface area (Å²) < 4.78 is 25.4. The van der Waals surface area contributed by atoms with E-state index in [0.29, 0.717) is 59.8 Å². The van der Waals surface area contributed by atoms with Crippen LogP contribution in [0.1, 0.15) is 16.8 Å². The normalized spacial score (nSPS) is 12.3. The number of fused-ring (bicyclic) bond motifs is 1. The number of halogens is 3. The van der Waals surface area contributed by atoms with Crippen LogP contribution in [0.15, 0.2) is 42.6 Å². The molecule has 2 aromatic carbocycles. The SMILES string of the molecule is O=C(NCCCNc1ncc(F)c(-c2ccc3c(c2)OCCO3)n1)c1c(Cl)cccc1Cl. The number of aromatic nitrogens is 2. The number of rotatable bonds is 7. The lowest BCUT2D eigenvalue weighted by molar-refractivity contribution is 0.0954. The van der Waals surface area contributed by atoms with Crippen molar-refractivity contribution in [1.29, 1.82) is 0 Å². The van der Waals surface area contributed by atoms with Crippen molar-refractivity contribution in [3.8, 4) is 22.8 Å². The Morgan fingerprint density at radius 3 is 2.59 bits per heavy atom. The number of nitrogens with one attached hydrogen (secondary N) is 2. The summed E-state index contributed by atoms with van der Waals surface area (Å²) in [5.41, 5.74) is 0.956. The average molecular weight is 477 g/mol. The first kappa shape index (κ1) is 22.1. The average Bonchev–Trinajstić information content (AvgIpc) is 2.79. The van der Waals surface area contributed by atoms with Gasteiger partial charge in [0.25, 0.3) is 5.91 Å². The molecule has 0 bridgehead atoms. The molecule has 0 aliphatic carbocycles. The number of hydrogen-bond donors (Lipinski definition) is 2. The molecule has 2 heterocycles. The van der Waals surface area contributed by atoms with E-state index in [1.165, 1.54) is 0 Å². The van der Waals surface area contributed by atoms with Crippen LogP contribution in [-0.2, 0) is 0 Å². The van der Waals surface area contributed by atoms with Crippen LogP contribution in [0.5, 0.6) is 11.5 Å². The van der Waals surface area contributed by atoms with Gasteiger partial charge >= 0.3 is 0 Å². The van der Waals surface area contributed by atoms with Crippen molar-refractivity contribution in [3.05, 3.63) is 64.0 Å². The Kier molecular flexibility index (Phi) is 6.92. The Balaban J connectivity index is 1.33. The molecule has 0 radical (unpaired) electrons. The van der Waals surface area contributed by atoms with Gasteiger partial charge in [0.05, 0.1) is 21.8 Å². The fourth-order valence-corrected chi connectivity index (χ4v) is 3.71. The van der Waals surface area contributed by atoms with Crippen molar-refractivity contribution in [1.82, 2.24) is 15.3 Å². The van der Waals surface area contributed by atoms with Gasteiger partial charge in [-0.25, -0.2) is 14.4 Å². The summed E-state index contributed by atoms with van der Waals surface area (Å²) in [6.07, 6.45) is 1.69. The third-order valence-electron chi connectivity index (χ3n) is 4.67. The molecule has 0 atom stereocenters. The van der Waals surface area contributed by atoms with Gasteiger partial charge in [0, 0.05) is 18.7 Å². The molecule has 1 aliphatic rings. The van der Waals surface area contributed by atoms with Crippen LogP contribution in [0.4, 0.5) is 10.3 Å². The molecule has 3 aromatic rings. The zero-order chi connectivity index (χ0) is 22.5. The number of anilines is 1. The molecular formula is C22H19Cl2FN4O3. The summed E-state index contributed by atoms with van der Waals surface area (Å²) in [6, 6.07) is 10.0. The van der Waals surface area contributed by atoms with Crippen LogP contribution in [-0.4, -0.2) is 42.2 Å². The van der Waals surface area contributed by atoms with E-state index in [9.17, 15) is 9.18 Å². The van der Waals surface area contributed by atoms with Crippen molar-refractivity contribution >= 4 is 35.1 Å². The second kappa shape index (κ2) is 10.0. The Morgan fingerprint density at radius 1 is 1.06 bits per heavy atom. The first-order valence-corrected chi connectivity index (χ1v) is 10.7. The van der Waals surface area contributed by atoms with Gasteiger partial charge in [-0.15, -0.1) is 0 Å². The zero-order valence-electron chi connectivity index (χ0n) is 16.8. The summed E-state index contributed by atoms with van der Waals surface area (Å²) in [5.74, 6) is 0.552. The smallest absolute Gasteiger partial charge is 0.254 e. The van der Waals surface area contributed by atoms with E-state index in [1.807, 2.05) is 0 Å². The minimum atomic E-state index is -0.545. The van der Waals surface area contributed by atoms with Crippen molar-refractivity contribution in [3.63, 3.8) is 0 Å². The molecule has 10 heteroatoms. The molecule has 1 aliphatic heterocycles. The molecule has 2 N–H and O–H groups in total. The maximum Gasteiger partial charge on any atom is 0.254 e. The summed E-state index contributed by atoms with van der Waals surface area (Å²) in [5, 5.41) is 6.38. The highest BCUT2D eigenvalue weighted by Crippen LogP contribution is 2.34. The van der Waals surface area contributed by atoms with Crippen LogP contribution in [0, 0.1) is 5.82 Å². The molecule has 166 valence electrons. The lowest BCUT2D eigenvalue weighted by Crippen LogP contribution is -2.26. The number of hydrogen-bond acceptors (Lipinski definition) is 6. The molecule has 7 nitrogen and oxygen atoms in total. The highest BCUT2D eigenvalue weighted by Gasteiger charge is 2.16. The molecule has 4 rings (SSSR count). The summed E-state index contributed by atoms with van der Waals surface area (Å²) in [7, 11) is 0. The highest BCUT2D eigenvalue weighted by atomic mass is 35.5. The fourth-order valence-electron chi connectivity index (χ4n) is 3.14. The maximum absolute atomic E-state index is 14.4. The van der Waals surface area contributed by atoms with Gasteiger partial charge in [-0.2, -0.15) is 0 Å². The van der Waals surface area contributed by atoms with Crippen LogP contribution in [0.2, 0.25) is 10.0 Å². The molecule has 32 heavy (non-hydrogen) atoms. The van der Waals surface area contributed by atoms with Crippen molar-refractivity contribution in [2.24, 2.45) is 0 Å². The predicted octanol–water partition coefficient (Wildman–Crippen LogP) is 4.59. The van der Waals surface area contributed by atoms with Crippen molar-refractivity contribution in [2.45, 2.75) is 6.42 Å². The molecule has 0 saturated heterocycles. The van der Waals surface area contributed by atoms with Crippen molar-refractivity contribution in [2.75, 3.05) is 31.6 Å². The molecule has 1 amide bonds. The monoisotopic (exact) mass is 476 g/mol. The maximum atomic E-state index is 14.4. The van der Waals surface area contributed by atoms with E-state index in [1.54, 1.807) is 36.4 Å². The third kappa shape index (κ3) is 5.03. The first-order valence-electron chi connectivity index (χ1n) is 9.91.